The first-order valence-electron chi connectivity index (χ1n) is 10.9. The summed E-state index contributed by atoms with van der Waals surface area (Å²) < 4.78 is 12.3. The number of rotatable bonds is 6. The van der Waals surface area contributed by atoms with Gasteiger partial charge in [0.05, 0.1) is 14.2 Å². The number of nitrogens with zero attached hydrogens (tertiary/aromatic N) is 3. The minimum absolute atomic E-state index is 0. The van der Waals surface area contributed by atoms with Crippen LogP contribution >= 0.6 is 24.0 Å². The summed E-state index contributed by atoms with van der Waals surface area (Å²) >= 11 is 6.07. The highest BCUT2D eigenvalue weighted by atomic mass is 35.5. The Morgan fingerprint density at radius 2 is 1.72 bits per heavy atom. The van der Waals surface area contributed by atoms with Gasteiger partial charge in [0, 0.05) is 16.3 Å². The molecule has 0 fully saturated rings. The van der Waals surface area contributed by atoms with E-state index in [1.807, 2.05) is 54.6 Å². The molecule has 0 radical (unpaired) electrons. The van der Waals surface area contributed by atoms with E-state index in [9.17, 15) is 4.79 Å². The van der Waals surface area contributed by atoms with Crippen molar-refractivity contribution in [1.29, 1.82) is 0 Å². The molecule has 1 aliphatic rings. The molecule has 0 spiro atoms. The molecule has 1 unspecified atom stereocenters. The third-order valence-corrected chi connectivity index (χ3v) is 5.89. The zero-order valence-corrected chi connectivity index (χ0v) is 21.0. The molecule has 3 aromatic carbocycles. The van der Waals surface area contributed by atoms with Crippen LogP contribution in [0, 0.1) is 0 Å². The summed E-state index contributed by atoms with van der Waals surface area (Å²) in [5.41, 5.74) is 3.25. The van der Waals surface area contributed by atoms with Gasteiger partial charge in [0.25, 0.3) is 11.9 Å². The molecule has 1 aliphatic heterocycles. The molecule has 0 saturated carbocycles. The maximum atomic E-state index is 12.9. The van der Waals surface area contributed by atoms with Crippen molar-refractivity contribution in [3.63, 3.8) is 0 Å². The van der Waals surface area contributed by atoms with E-state index in [0.29, 0.717) is 28.0 Å². The number of amides is 1. The second-order valence-corrected chi connectivity index (χ2v) is 8.23. The van der Waals surface area contributed by atoms with Crippen molar-refractivity contribution in [3.05, 3.63) is 101 Å². The number of allylic oxidation sites excluding steroid dienone is 1. The molecule has 2 heterocycles. The number of methoxy groups -OCH3 is 2. The van der Waals surface area contributed by atoms with Crippen molar-refractivity contribution >= 4 is 47.5 Å². The Morgan fingerprint density at radius 1 is 1.00 bits per heavy atom. The van der Waals surface area contributed by atoms with Gasteiger partial charge >= 0.3 is 0 Å². The Morgan fingerprint density at radius 3 is 2.42 bits per heavy atom. The second-order valence-electron chi connectivity index (χ2n) is 7.80. The Hall–Kier alpha value is -4.01. The van der Waals surface area contributed by atoms with Gasteiger partial charge in [-0.25, -0.2) is 4.68 Å². The van der Waals surface area contributed by atoms with Crippen LogP contribution < -0.4 is 20.1 Å². The molecular weight excluding hydrogens is 501 g/mol. The lowest BCUT2D eigenvalue weighted by Gasteiger charge is -2.24. The standard InChI is InChI=1S/C26H22ClN5O3.ClH/c1-34-22-13-10-18(14-23(22)35-2)24(33)29-25-30-26-28-20(16-8-11-19(27)12-9-16)15-21(32(26)31-25)17-6-4-3-5-7-17;/h3-15,21H,1-2H3,(H2,28,29,30,31,33);1H. The van der Waals surface area contributed by atoms with E-state index in [1.165, 1.54) is 7.11 Å². The number of fused-ring (bicyclic) bond motifs is 1. The predicted octanol–water partition coefficient (Wildman–Crippen LogP) is 5.68. The Labute approximate surface area is 219 Å². The normalized spacial score (nSPS) is 14.0. The fourth-order valence-electron chi connectivity index (χ4n) is 3.88. The van der Waals surface area contributed by atoms with Crippen molar-refractivity contribution in [1.82, 2.24) is 14.8 Å². The van der Waals surface area contributed by atoms with Crippen LogP contribution in [-0.2, 0) is 0 Å². The summed E-state index contributed by atoms with van der Waals surface area (Å²) in [5.74, 6) is 1.32. The van der Waals surface area contributed by atoms with Crippen LogP contribution in [0.4, 0.5) is 11.9 Å². The van der Waals surface area contributed by atoms with E-state index < -0.39 is 0 Å². The molecule has 0 aliphatic carbocycles. The maximum absolute atomic E-state index is 12.9. The van der Waals surface area contributed by atoms with Gasteiger partial charge in [0.15, 0.2) is 11.5 Å². The summed E-state index contributed by atoms with van der Waals surface area (Å²) in [6.07, 6.45) is 2.07. The van der Waals surface area contributed by atoms with Gasteiger partial charge in [-0.1, -0.05) is 54.1 Å². The van der Waals surface area contributed by atoms with Gasteiger partial charge in [0.2, 0.25) is 5.95 Å². The van der Waals surface area contributed by atoms with E-state index in [-0.39, 0.29) is 30.3 Å². The maximum Gasteiger partial charge on any atom is 0.258 e. The molecule has 8 nitrogen and oxygen atoms in total. The second kappa shape index (κ2) is 10.7. The highest BCUT2D eigenvalue weighted by molar-refractivity contribution is 6.30. The van der Waals surface area contributed by atoms with Crippen LogP contribution in [-0.4, -0.2) is 34.9 Å². The van der Waals surface area contributed by atoms with E-state index in [4.69, 9.17) is 21.1 Å². The van der Waals surface area contributed by atoms with E-state index in [1.54, 1.807) is 30.0 Å². The summed E-state index contributed by atoms with van der Waals surface area (Å²) in [6, 6.07) is 22.2. The minimum Gasteiger partial charge on any atom is -0.493 e. The molecule has 4 aromatic rings. The highest BCUT2D eigenvalue weighted by Gasteiger charge is 2.26. The van der Waals surface area contributed by atoms with Gasteiger partial charge in [-0.15, -0.1) is 17.5 Å². The molecule has 184 valence electrons. The van der Waals surface area contributed by atoms with Gasteiger partial charge in [-0.3, -0.25) is 10.1 Å². The summed E-state index contributed by atoms with van der Waals surface area (Å²) in [6.45, 7) is 0. The monoisotopic (exact) mass is 523 g/mol. The topological polar surface area (TPSA) is 90.3 Å². The minimum atomic E-state index is -0.365. The third kappa shape index (κ3) is 5.00. The van der Waals surface area contributed by atoms with Crippen LogP contribution in [0.5, 0.6) is 11.5 Å². The van der Waals surface area contributed by atoms with Crippen molar-refractivity contribution in [2.75, 3.05) is 24.9 Å². The molecule has 0 saturated heterocycles. The van der Waals surface area contributed by atoms with Crippen molar-refractivity contribution in [3.8, 4) is 11.5 Å². The summed E-state index contributed by atoms with van der Waals surface area (Å²) in [4.78, 5) is 17.5. The molecular formula is C26H23Cl2N5O3. The van der Waals surface area contributed by atoms with E-state index in [2.05, 4.69) is 26.8 Å². The first kappa shape index (κ1) is 25.1. The zero-order valence-electron chi connectivity index (χ0n) is 19.4. The summed E-state index contributed by atoms with van der Waals surface area (Å²) in [5, 5.41) is 11.3. The molecule has 10 heteroatoms. The van der Waals surface area contributed by atoms with Crippen LogP contribution in [0.25, 0.3) is 5.70 Å². The van der Waals surface area contributed by atoms with Crippen molar-refractivity contribution in [2.24, 2.45) is 0 Å². The molecule has 5 rings (SSSR count). The number of aromatic nitrogens is 3. The van der Waals surface area contributed by atoms with Crippen molar-refractivity contribution in [2.45, 2.75) is 6.04 Å². The molecule has 36 heavy (non-hydrogen) atoms. The van der Waals surface area contributed by atoms with Crippen LogP contribution in [0.3, 0.4) is 0 Å². The lowest BCUT2D eigenvalue weighted by Crippen LogP contribution is -2.20. The number of carbonyl (C=O) groups is 1. The molecule has 2 N–H and O–H groups in total. The molecule has 1 atom stereocenters. The first-order valence-corrected chi connectivity index (χ1v) is 11.2. The van der Waals surface area contributed by atoms with Gasteiger partial charge in [0.1, 0.15) is 6.04 Å². The average molecular weight is 524 g/mol. The van der Waals surface area contributed by atoms with Crippen LogP contribution in [0.1, 0.15) is 27.5 Å². The predicted molar refractivity (Wildman–Crippen MR) is 142 cm³/mol. The number of ether oxygens (including phenoxy) is 2. The van der Waals surface area contributed by atoms with Gasteiger partial charge < -0.3 is 14.8 Å². The average Bonchev–Trinajstić information content (AvgIpc) is 3.30. The number of hydrogen-bond donors (Lipinski definition) is 2. The van der Waals surface area contributed by atoms with Gasteiger partial charge in [-0.2, -0.15) is 4.98 Å². The number of halogens is 2. The highest BCUT2D eigenvalue weighted by Crippen LogP contribution is 2.34. The SMILES string of the molecule is COc1ccc(C(=O)Nc2nc3n(n2)C(c2ccccc2)C=C(c2ccc(Cl)cc2)N3)cc1OC.Cl. The number of hydrogen-bond acceptors (Lipinski definition) is 6. The number of carbonyl (C=O) groups excluding carboxylic acids is 1. The third-order valence-electron chi connectivity index (χ3n) is 5.63. The first-order chi connectivity index (χ1) is 17.1. The molecule has 1 amide bonds. The molecule has 0 bridgehead atoms. The van der Waals surface area contributed by atoms with Crippen LogP contribution in [0.15, 0.2) is 78.9 Å². The smallest absolute Gasteiger partial charge is 0.258 e. The number of anilines is 2. The van der Waals surface area contributed by atoms with Crippen LogP contribution in [0.2, 0.25) is 5.02 Å². The zero-order chi connectivity index (χ0) is 24.4. The lowest BCUT2D eigenvalue weighted by molar-refractivity contribution is 0.102. The fraction of sp³-hybridized carbons (Fsp3) is 0.115. The van der Waals surface area contributed by atoms with Crippen molar-refractivity contribution < 1.29 is 14.3 Å². The lowest BCUT2D eigenvalue weighted by atomic mass is 10.0. The number of benzene rings is 3. The Bertz CT molecular complexity index is 1410. The van der Waals surface area contributed by atoms with E-state index in [0.717, 1.165) is 16.8 Å². The summed E-state index contributed by atoms with van der Waals surface area (Å²) in [7, 11) is 3.06. The Kier molecular flexibility index (Phi) is 7.47. The van der Waals surface area contributed by atoms with E-state index >= 15 is 0 Å². The largest absolute Gasteiger partial charge is 0.493 e. The van der Waals surface area contributed by atoms with Gasteiger partial charge in [-0.05, 0) is 47.5 Å². The fourth-order valence-corrected chi connectivity index (χ4v) is 4.01. The Balaban J connectivity index is 0.00000304. The molecule has 1 aromatic heterocycles. The number of nitrogens with one attached hydrogen (secondary N) is 2. The quantitative estimate of drug-likeness (QED) is 0.338.